The first-order chi connectivity index (χ1) is 11.9. The van der Waals surface area contributed by atoms with Crippen LogP contribution in [-0.2, 0) is 4.79 Å². The lowest BCUT2D eigenvalue weighted by Gasteiger charge is -2.01. The van der Waals surface area contributed by atoms with Gasteiger partial charge in [-0.3, -0.25) is 20.2 Å². The summed E-state index contributed by atoms with van der Waals surface area (Å²) in [5, 5.41) is 21.6. The van der Waals surface area contributed by atoms with Gasteiger partial charge in [0.25, 0.3) is 5.69 Å². The van der Waals surface area contributed by atoms with Crippen LogP contribution in [0, 0.1) is 32.1 Å². The molecule has 0 radical (unpaired) electrons. The number of nitro benzene ring substituents is 2. The highest BCUT2D eigenvalue weighted by Crippen LogP contribution is 2.30. The third kappa shape index (κ3) is 4.52. The molecule has 2 aromatic rings. The molecule has 0 saturated carbocycles. The number of carbonyl (C=O) groups excluding carboxylic acids is 1. The van der Waals surface area contributed by atoms with Gasteiger partial charge in [0, 0.05) is 17.6 Å². The first kappa shape index (κ1) is 17.4. The fourth-order valence-corrected chi connectivity index (χ4v) is 1.77. The van der Waals surface area contributed by atoms with Crippen molar-refractivity contribution >= 4 is 17.3 Å². The molecule has 25 heavy (non-hydrogen) atoms. The summed E-state index contributed by atoms with van der Waals surface area (Å²) < 4.78 is 9.79. The van der Waals surface area contributed by atoms with E-state index >= 15 is 0 Å². The number of esters is 1. The number of hydrogen-bond acceptors (Lipinski definition) is 7. The lowest BCUT2D eigenvalue weighted by atomic mass is 10.2. The number of non-ortho nitro benzene ring substituents is 1. The third-order valence-corrected chi connectivity index (χ3v) is 2.95. The molecule has 0 amide bonds. The molecule has 0 aliphatic heterocycles. The van der Waals surface area contributed by atoms with Gasteiger partial charge >= 0.3 is 11.7 Å². The van der Waals surface area contributed by atoms with E-state index in [1.807, 2.05) is 0 Å². The zero-order chi connectivity index (χ0) is 18.4. The van der Waals surface area contributed by atoms with E-state index in [0.29, 0.717) is 17.4 Å². The highest BCUT2D eigenvalue weighted by molar-refractivity contribution is 5.91. The van der Waals surface area contributed by atoms with Crippen molar-refractivity contribution in [1.29, 1.82) is 0 Å². The van der Waals surface area contributed by atoms with Crippen LogP contribution < -0.4 is 9.47 Å². The standard InChI is InChI=1S/C16H10N2O7/c1-24-13-6-2-11(3-7-13)4-9-16(19)25-15-8-5-12(17(20)21)10-14(15)18(22)23/h2-3,5-8,10H,1H3. The molecule has 126 valence electrons. The minimum Gasteiger partial charge on any atom is -0.497 e. The van der Waals surface area contributed by atoms with Crippen molar-refractivity contribution in [2.75, 3.05) is 7.11 Å². The van der Waals surface area contributed by atoms with Crippen molar-refractivity contribution < 1.29 is 24.1 Å². The largest absolute Gasteiger partial charge is 0.497 e. The van der Waals surface area contributed by atoms with Crippen molar-refractivity contribution in [3.63, 3.8) is 0 Å². The van der Waals surface area contributed by atoms with Gasteiger partial charge in [-0.15, -0.1) is 0 Å². The van der Waals surface area contributed by atoms with Gasteiger partial charge in [0.05, 0.1) is 23.0 Å². The lowest BCUT2D eigenvalue weighted by Crippen LogP contribution is -2.07. The Morgan fingerprint density at radius 3 is 2.28 bits per heavy atom. The summed E-state index contributed by atoms with van der Waals surface area (Å²) >= 11 is 0. The average molecular weight is 342 g/mol. The van der Waals surface area contributed by atoms with E-state index in [0.717, 1.165) is 12.1 Å². The predicted molar refractivity (Wildman–Crippen MR) is 85.3 cm³/mol. The molecule has 0 aromatic heterocycles. The normalized spacial score (nSPS) is 9.48. The third-order valence-electron chi connectivity index (χ3n) is 2.95. The number of rotatable bonds is 4. The van der Waals surface area contributed by atoms with Crippen molar-refractivity contribution in [3.8, 4) is 23.3 Å². The van der Waals surface area contributed by atoms with Gasteiger partial charge in [0.1, 0.15) is 5.75 Å². The molecule has 2 aromatic carbocycles. The van der Waals surface area contributed by atoms with Gasteiger partial charge in [0.15, 0.2) is 0 Å². The fourth-order valence-electron chi connectivity index (χ4n) is 1.77. The van der Waals surface area contributed by atoms with E-state index in [1.54, 1.807) is 24.3 Å². The molecule has 0 aliphatic carbocycles. The van der Waals surface area contributed by atoms with Crippen LogP contribution in [0.2, 0.25) is 0 Å². The average Bonchev–Trinajstić information content (AvgIpc) is 2.60. The molecule has 0 aliphatic rings. The SMILES string of the molecule is COc1ccc(C#CC(=O)Oc2ccc([N+](=O)[O-])cc2[N+](=O)[O-])cc1. The van der Waals surface area contributed by atoms with Crippen LogP contribution in [0.15, 0.2) is 42.5 Å². The van der Waals surface area contributed by atoms with E-state index in [9.17, 15) is 25.0 Å². The van der Waals surface area contributed by atoms with Crippen molar-refractivity contribution in [1.82, 2.24) is 0 Å². The quantitative estimate of drug-likeness (QED) is 0.275. The van der Waals surface area contributed by atoms with Crippen LogP contribution in [0.3, 0.4) is 0 Å². The molecular weight excluding hydrogens is 332 g/mol. The van der Waals surface area contributed by atoms with Crippen LogP contribution in [0.1, 0.15) is 5.56 Å². The van der Waals surface area contributed by atoms with Gasteiger partial charge in [-0.1, -0.05) is 5.92 Å². The summed E-state index contributed by atoms with van der Waals surface area (Å²) in [6, 6.07) is 9.21. The molecule has 0 bridgehead atoms. The first-order valence-corrected chi connectivity index (χ1v) is 6.71. The highest BCUT2D eigenvalue weighted by Gasteiger charge is 2.22. The summed E-state index contributed by atoms with van der Waals surface area (Å²) in [6.45, 7) is 0. The minimum atomic E-state index is -1.03. The Hall–Kier alpha value is -3.93. The number of ether oxygens (including phenoxy) is 2. The van der Waals surface area contributed by atoms with E-state index in [2.05, 4.69) is 11.8 Å². The summed E-state index contributed by atoms with van der Waals surface area (Å²) in [7, 11) is 1.51. The Bertz CT molecular complexity index is 895. The molecule has 9 heteroatoms. The number of nitrogens with zero attached hydrogens (tertiary/aromatic N) is 2. The topological polar surface area (TPSA) is 122 Å². The first-order valence-electron chi connectivity index (χ1n) is 6.71. The molecule has 0 spiro atoms. The molecular formula is C16H10N2O7. The summed E-state index contributed by atoms with van der Waals surface area (Å²) in [5.41, 5.74) is -0.680. The molecule has 2 rings (SSSR count). The molecule has 0 fully saturated rings. The van der Waals surface area contributed by atoms with E-state index in [4.69, 9.17) is 9.47 Å². The van der Waals surface area contributed by atoms with Crippen LogP contribution in [0.4, 0.5) is 11.4 Å². The summed E-state index contributed by atoms with van der Waals surface area (Å²) in [6.07, 6.45) is 0. The zero-order valence-electron chi connectivity index (χ0n) is 12.8. The Balaban J connectivity index is 2.19. The second-order valence-electron chi connectivity index (χ2n) is 4.53. The highest BCUT2D eigenvalue weighted by atomic mass is 16.6. The molecule has 9 nitrogen and oxygen atoms in total. The predicted octanol–water partition coefficient (Wildman–Crippen LogP) is 2.47. The maximum atomic E-state index is 11.7. The number of nitro groups is 2. The van der Waals surface area contributed by atoms with Gasteiger partial charge in [-0.05, 0) is 30.3 Å². The van der Waals surface area contributed by atoms with Crippen LogP contribution in [-0.4, -0.2) is 22.9 Å². The molecule has 0 saturated heterocycles. The fraction of sp³-hybridized carbons (Fsp3) is 0.0625. The van der Waals surface area contributed by atoms with E-state index < -0.39 is 32.9 Å². The van der Waals surface area contributed by atoms with Crippen molar-refractivity contribution in [2.45, 2.75) is 0 Å². The van der Waals surface area contributed by atoms with Gasteiger partial charge in [0.2, 0.25) is 5.75 Å². The molecule has 0 atom stereocenters. The van der Waals surface area contributed by atoms with Gasteiger partial charge < -0.3 is 9.47 Å². The molecule has 0 unspecified atom stereocenters. The number of methoxy groups -OCH3 is 1. The molecule has 0 N–H and O–H groups in total. The minimum absolute atomic E-state index is 0.426. The number of benzene rings is 2. The van der Waals surface area contributed by atoms with Crippen molar-refractivity contribution in [2.24, 2.45) is 0 Å². The Kier molecular flexibility index (Phi) is 5.27. The zero-order valence-corrected chi connectivity index (χ0v) is 12.8. The van der Waals surface area contributed by atoms with Crippen LogP contribution in [0.5, 0.6) is 11.5 Å². The maximum absolute atomic E-state index is 11.7. The second-order valence-corrected chi connectivity index (χ2v) is 4.53. The molecule has 0 heterocycles. The lowest BCUT2D eigenvalue weighted by molar-refractivity contribution is -0.394. The van der Waals surface area contributed by atoms with Crippen LogP contribution >= 0.6 is 0 Å². The van der Waals surface area contributed by atoms with E-state index in [1.165, 1.54) is 7.11 Å². The van der Waals surface area contributed by atoms with E-state index in [-0.39, 0.29) is 0 Å². The van der Waals surface area contributed by atoms with Crippen molar-refractivity contribution in [3.05, 3.63) is 68.3 Å². The smallest absolute Gasteiger partial charge is 0.390 e. The summed E-state index contributed by atoms with van der Waals surface area (Å²) in [5.74, 6) is 3.88. The number of carbonyl (C=O) groups is 1. The van der Waals surface area contributed by atoms with Crippen LogP contribution in [0.25, 0.3) is 0 Å². The summed E-state index contributed by atoms with van der Waals surface area (Å²) in [4.78, 5) is 31.7. The Morgan fingerprint density at radius 2 is 1.72 bits per heavy atom. The number of hydrogen-bond donors (Lipinski definition) is 0. The maximum Gasteiger partial charge on any atom is 0.390 e. The Labute approximate surface area is 141 Å². The monoisotopic (exact) mass is 342 g/mol. The van der Waals surface area contributed by atoms with Gasteiger partial charge in [-0.2, -0.15) is 0 Å². The second kappa shape index (κ2) is 7.56. The van der Waals surface area contributed by atoms with Gasteiger partial charge in [-0.25, -0.2) is 4.79 Å². The Morgan fingerprint density at radius 1 is 1.04 bits per heavy atom.